The van der Waals surface area contributed by atoms with Gasteiger partial charge in [0.25, 0.3) is 0 Å². The Morgan fingerprint density at radius 3 is 2.68 bits per heavy atom. The number of phenolic OH excluding ortho intramolecular Hbond substituents is 1. The van der Waals surface area contributed by atoms with Gasteiger partial charge in [0.2, 0.25) is 0 Å². The highest BCUT2D eigenvalue weighted by Gasteiger charge is 2.14. The van der Waals surface area contributed by atoms with Crippen LogP contribution in [0.5, 0.6) is 11.5 Å². The molecule has 3 aromatic carbocycles. The van der Waals surface area contributed by atoms with Crippen molar-refractivity contribution in [1.29, 1.82) is 0 Å². The summed E-state index contributed by atoms with van der Waals surface area (Å²) in [7, 11) is 1.62. The maximum absolute atomic E-state index is 12.7. The average Bonchev–Trinajstić information content (AvgIpc) is 3.30. The molecule has 0 saturated heterocycles. The van der Waals surface area contributed by atoms with Gasteiger partial charge in [0.15, 0.2) is 5.78 Å². The second-order valence-electron chi connectivity index (χ2n) is 7.24. The summed E-state index contributed by atoms with van der Waals surface area (Å²) in [6.07, 6.45) is 3.68. The number of rotatable bonds is 8. The predicted octanol–water partition coefficient (Wildman–Crippen LogP) is 4.85. The van der Waals surface area contributed by atoms with Crippen molar-refractivity contribution in [1.82, 2.24) is 15.0 Å². The normalized spacial score (nSPS) is 10.7. The van der Waals surface area contributed by atoms with Crippen LogP contribution in [0.4, 0.5) is 0 Å². The van der Waals surface area contributed by atoms with Gasteiger partial charge in [-0.2, -0.15) is 0 Å². The summed E-state index contributed by atoms with van der Waals surface area (Å²) in [6, 6.07) is 22.5. The lowest BCUT2D eigenvalue weighted by Crippen LogP contribution is -2.03. The van der Waals surface area contributed by atoms with Gasteiger partial charge in [0.05, 0.1) is 24.6 Å². The summed E-state index contributed by atoms with van der Waals surface area (Å²) in [5.74, 6) is 0.616. The van der Waals surface area contributed by atoms with E-state index in [1.165, 1.54) is 11.6 Å². The van der Waals surface area contributed by atoms with E-state index in [4.69, 9.17) is 4.74 Å². The van der Waals surface area contributed by atoms with E-state index in [9.17, 15) is 9.90 Å². The van der Waals surface area contributed by atoms with Crippen molar-refractivity contribution in [2.45, 2.75) is 19.3 Å². The molecule has 156 valence electrons. The third kappa shape index (κ3) is 4.80. The molecule has 4 aromatic rings. The fourth-order valence-electron chi connectivity index (χ4n) is 3.43. The number of Topliss-reactive ketones (excluding diaryl/α,β-unsaturated/α-hetero) is 1. The zero-order valence-corrected chi connectivity index (χ0v) is 17.2. The molecule has 1 aromatic heterocycles. The number of carbonyl (C=O) groups is 1. The summed E-state index contributed by atoms with van der Waals surface area (Å²) in [4.78, 5) is 12.7. The minimum Gasteiger partial charge on any atom is -0.507 e. The number of aromatic hydroxyl groups is 1. The molecule has 6 nitrogen and oxygen atoms in total. The molecule has 6 heteroatoms. The van der Waals surface area contributed by atoms with Crippen LogP contribution < -0.4 is 4.74 Å². The van der Waals surface area contributed by atoms with E-state index >= 15 is 0 Å². The number of benzene rings is 3. The Bertz CT molecular complexity index is 1190. The fraction of sp³-hybridized carbons (Fsp3) is 0.160. The fourth-order valence-corrected chi connectivity index (χ4v) is 3.43. The molecule has 0 spiro atoms. The van der Waals surface area contributed by atoms with Crippen LogP contribution in [0.2, 0.25) is 0 Å². The van der Waals surface area contributed by atoms with Crippen LogP contribution in [-0.4, -0.2) is 33.0 Å². The Kier molecular flexibility index (Phi) is 6.08. The van der Waals surface area contributed by atoms with Crippen LogP contribution in [-0.2, 0) is 6.42 Å². The predicted molar refractivity (Wildman–Crippen MR) is 119 cm³/mol. The molecule has 1 N–H and O–H groups in total. The lowest BCUT2D eigenvalue weighted by Gasteiger charge is -2.07. The minimum atomic E-state index is -0.0941. The van der Waals surface area contributed by atoms with Gasteiger partial charge in [-0.25, -0.2) is 4.68 Å². The van der Waals surface area contributed by atoms with E-state index < -0.39 is 0 Å². The van der Waals surface area contributed by atoms with E-state index in [2.05, 4.69) is 10.3 Å². The number of nitrogens with zero attached hydrogens (tertiary/aromatic N) is 3. The molecule has 0 aliphatic heterocycles. The van der Waals surface area contributed by atoms with E-state index in [1.54, 1.807) is 30.1 Å². The van der Waals surface area contributed by atoms with Gasteiger partial charge >= 0.3 is 0 Å². The van der Waals surface area contributed by atoms with Crippen molar-refractivity contribution in [3.05, 3.63) is 90.1 Å². The minimum absolute atomic E-state index is 0.0263. The summed E-state index contributed by atoms with van der Waals surface area (Å²) in [6.45, 7) is 0. The molecule has 1 heterocycles. The maximum atomic E-state index is 12.7. The first-order valence-electron chi connectivity index (χ1n) is 10.1. The number of methoxy groups -OCH3 is 1. The van der Waals surface area contributed by atoms with Crippen LogP contribution in [0, 0.1) is 0 Å². The molecule has 0 radical (unpaired) electrons. The van der Waals surface area contributed by atoms with Crippen molar-refractivity contribution in [3.63, 3.8) is 0 Å². The van der Waals surface area contributed by atoms with Gasteiger partial charge in [-0.1, -0.05) is 47.7 Å². The molecule has 0 unspecified atom stereocenters. The summed E-state index contributed by atoms with van der Waals surface area (Å²) >= 11 is 0. The molecular weight excluding hydrogens is 390 g/mol. The average molecular weight is 413 g/mol. The van der Waals surface area contributed by atoms with Crippen molar-refractivity contribution >= 4 is 5.78 Å². The Balaban J connectivity index is 1.50. The van der Waals surface area contributed by atoms with Gasteiger partial charge in [0, 0.05) is 12.0 Å². The number of carbonyl (C=O) groups excluding carboxylic acids is 1. The SMILES string of the molecule is COc1cccc(-c2cn(-c3ccc(O)c(C(=O)CCCc4ccccc4)c3)nn2)c1. The van der Waals surface area contributed by atoms with Crippen molar-refractivity contribution in [2.75, 3.05) is 7.11 Å². The lowest BCUT2D eigenvalue weighted by molar-refractivity contribution is 0.0977. The third-order valence-electron chi connectivity index (χ3n) is 5.12. The first-order chi connectivity index (χ1) is 15.1. The number of aryl methyl sites for hydroxylation is 1. The first kappa shape index (κ1) is 20.3. The molecular formula is C25H23N3O3. The van der Waals surface area contributed by atoms with Gasteiger partial charge in [-0.3, -0.25) is 4.79 Å². The molecule has 0 amide bonds. The third-order valence-corrected chi connectivity index (χ3v) is 5.12. The summed E-state index contributed by atoms with van der Waals surface area (Å²) < 4.78 is 6.86. The van der Waals surface area contributed by atoms with Gasteiger partial charge < -0.3 is 9.84 Å². The Morgan fingerprint density at radius 2 is 1.87 bits per heavy atom. The second-order valence-corrected chi connectivity index (χ2v) is 7.24. The number of phenols is 1. The highest BCUT2D eigenvalue weighted by Crippen LogP contribution is 2.25. The van der Waals surface area contributed by atoms with E-state index in [0.717, 1.165) is 24.2 Å². The molecule has 0 aliphatic rings. The van der Waals surface area contributed by atoms with Crippen molar-refractivity contribution < 1.29 is 14.6 Å². The van der Waals surface area contributed by atoms with Crippen LogP contribution in [0.25, 0.3) is 16.9 Å². The molecule has 0 saturated carbocycles. The standard InChI is InChI=1S/C25H23N3O3/c1-31-21-11-6-10-19(15-21)23-17-28(27-26-23)20-13-14-25(30)22(16-20)24(29)12-5-9-18-7-3-2-4-8-18/h2-4,6-8,10-11,13-17,30H,5,9,12H2,1H3. The number of ether oxygens (including phenoxy) is 1. The molecule has 31 heavy (non-hydrogen) atoms. The van der Waals surface area contributed by atoms with Crippen LogP contribution in [0.15, 0.2) is 79.0 Å². The largest absolute Gasteiger partial charge is 0.507 e. The number of hydrogen-bond acceptors (Lipinski definition) is 5. The highest BCUT2D eigenvalue weighted by molar-refractivity contribution is 5.99. The number of aromatic nitrogens is 3. The summed E-state index contributed by atoms with van der Waals surface area (Å²) in [5, 5.41) is 18.6. The van der Waals surface area contributed by atoms with Gasteiger partial charge in [-0.15, -0.1) is 5.10 Å². The Hall–Kier alpha value is -3.93. The highest BCUT2D eigenvalue weighted by atomic mass is 16.5. The molecule has 0 bridgehead atoms. The van der Waals surface area contributed by atoms with E-state index in [-0.39, 0.29) is 11.5 Å². The topological polar surface area (TPSA) is 77.2 Å². The maximum Gasteiger partial charge on any atom is 0.166 e. The second kappa shape index (κ2) is 9.26. The Labute approximate surface area is 180 Å². The number of ketones is 1. The lowest BCUT2D eigenvalue weighted by atomic mass is 10.0. The molecule has 0 atom stereocenters. The molecule has 4 rings (SSSR count). The van der Waals surface area contributed by atoms with Crippen LogP contribution in [0.3, 0.4) is 0 Å². The van der Waals surface area contributed by atoms with Crippen molar-refractivity contribution in [2.24, 2.45) is 0 Å². The van der Waals surface area contributed by atoms with Gasteiger partial charge in [-0.05, 0) is 48.7 Å². The Morgan fingerprint density at radius 1 is 1.03 bits per heavy atom. The van der Waals surface area contributed by atoms with E-state index in [1.807, 2.05) is 54.6 Å². The van der Waals surface area contributed by atoms with Crippen molar-refractivity contribution in [3.8, 4) is 28.4 Å². The molecule has 0 fully saturated rings. The van der Waals surface area contributed by atoms with Crippen LogP contribution in [0.1, 0.15) is 28.8 Å². The summed E-state index contributed by atoms with van der Waals surface area (Å²) in [5.41, 5.74) is 3.71. The van der Waals surface area contributed by atoms with E-state index in [0.29, 0.717) is 23.4 Å². The molecule has 0 aliphatic carbocycles. The smallest absolute Gasteiger partial charge is 0.166 e. The van der Waals surface area contributed by atoms with Crippen LogP contribution >= 0.6 is 0 Å². The quantitative estimate of drug-likeness (QED) is 0.418. The number of hydrogen-bond donors (Lipinski definition) is 1. The van der Waals surface area contributed by atoms with Gasteiger partial charge in [0.1, 0.15) is 17.2 Å². The first-order valence-corrected chi connectivity index (χ1v) is 10.1. The monoisotopic (exact) mass is 413 g/mol. The zero-order chi connectivity index (χ0) is 21.6. The zero-order valence-electron chi connectivity index (χ0n) is 17.2.